The van der Waals surface area contributed by atoms with Gasteiger partial charge in [-0.05, 0) is 52.1 Å². The summed E-state index contributed by atoms with van der Waals surface area (Å²) < 4.78 is 0. The van der Waals surface area contributed by atoms with Crippen LogP contribution >= 0.6 is 0 Å². The van der Waals surface area contributed by atoms with Crippen molar-refractivity contribution >= 4 is 5.96 Å². The predicted molar refractivity (Wildman–Crippen MR) is 99.1 cm³/mol. The second kappa shape index (κ2) is 10.1. The SMILES string of the molecule is CCNC(=NCCCCN1CCN(C)CC1)N1CCCC(C)C1. The van der Waals surface area contributed by atoms with Gasteiger partial charge in [0.15, 0.2) is 5.96 Å². The van der Waals surface area contributed by atoms with Gasteiger partial charge in [0.1, 0.15) is 0 Å². The van der Waals surface area contributed by atoms with E-state index in [1.54, 1.807) is 0 Å². The lowest BCUT2D eigenvalue weighted by atomic mass is 10.0. The molecule has 2 heterocycles. The highest BCUT2D eigenvalue weighted by molar-refractivity contribution is 5.80. The number of likely N-dealkylation sites (tertiary alicyclic amines) is 1. The Morgan fingerprint density at radius 2 is 1.91 bits per heavy atom. The van der Waals surface area contributed by atoms with Gasteiger partial charge in [0.25, 0.3) is 0 Å². The van der Waals surface area contributed by atoms with Gasteiger partial charge in [0.05, 0.1) is 0 Å². The molecule has 0 radical (unpaired) electrons. The van der Waals surface area contributed by atoms with Crippen molar-refractivity contribution < 1.29 is 0 Å². The van der Waals surface area contributed by atoms with Crippen LogP contribution < -0.4 is 5.32 Å². The van der Waals surface area contributed by atoms with Crippen molar-refractivity contribution in [3.63, 3.8) is 0 Å². The number of hydrogen-bond acceptors (Lipinski definition) is 3. The summed E-state index contributed by atoms with van der Waals surface area (Å²) in [6.45, 7) is 14.9. The van der Waals surface area contributed by atoms with Crippen LogP contribution in [0, 0.1) is 5.92 Å². The Morgan fingerprint density at radius 3 is 2.61 bits per heavy atom. The van der Waals surface area contributed by atoms with Crippen LogP contribution in [-0.4, -0.2) is 86.6 Å². The van der Waals surface area contributed by atoms with Crippen molar-refractivity contribution in [2.45, 2.75) is 39.5 Å². The number of rotatable bonds is 6. The van der Waals surface area contributed by atoms with Gasteiger partial charge in [-0.25, -0.2) is 0 Å². The molecule has 2 aliphatic heterocycles. The summed E-state index contributed by atoms with van der Waals surface area (Å²) in [5.74, 6) is 1.93. The molecule has 0 aromatic carbocycles. The molecule has 1 atom stereocenters. The van der Waals surface area contributed by atoms with Gasteiger partial charge in [0, 0.05) is 52.4 Å². The summed E-state index contributed by atoms with van der Waals surface area (Å²) in [7, 11) is 2.22. The third-order valence-corrected chi connectivity index (χ3v) is 5.03. The number of nitrogens with one attached hydrogen (secondary N) is 1. The smallest absolute Gasteiger partial charge is 0.193 e. The molecule has 0 aliphatic carbocycles. The number of hydrogen-bond donors (Lipinski definition) is 1. The molecule has 5 heteroatoms. The standard InChI is InChI=1S/C18H37N5/c1-4-19-18(23-11-7-8-17(2)16-23)20-9-5-6-10-22-14-12-21(3)13-15-22/h17H,4-16H2,1-3H3,(H,19,20). The van der Waals surface area contributed by atoms with Crippen LogP contribution in [0.2, 0.25) is 0 Å². The maximum atomic E-state index is 4.87. The van der Waals surface area contributed by atoms with Crippen molar-refractivity contribution in [2.75, 3.05) is 66.0 Å². The average Bonchev–Trinajstić information content (AvgIpc) is 2.55. The van der Waals surface area contributed by atoms with E-state index in [2.05, 4.69) is 40.9 Å². The molecule has 5 nitrogen and oxygen atoms in total. The minimum absolute atomic E-state index is 0.796. The highest BCUT2D eigenvalue weighted by atomic mass is 15.3. The molecule has 1 N–H and O–H groups in total. The van der Waals surface area contributed by atoms with Gasteiger partial charge in [-0.15, -0.1) is 0 Å². The highest BCUT2D eigenvalue weighted by Crippen LogP contribution is 2.15. The Morgan fingerprint density at radius 1 is 1.13 bits per heavy atom. The third kappa shape index (κ3) is 6.68. The Balaban J connectivity index is 1.66. The number of piperazine rings is 1. The van der Waals surface area contributed by atoms with Crippen LogP contribution in [-0.2, 0) is 0 Å². The zero-order chi connectivity index (χ0) is 16.5. The monoisotopic (exact) mass is 323 g/mol. The van der Waals surface area contributed by atoms with E-state index in [9.17, 15) is 0 Å². The van der Waals surface area contributed by atoms with E-state index in [0.717, 1.165) is 38.1 Å². The molecule has 0 saturated carbocycles. The highest BCUT2D eigenvalue weighted by Gasteiger charge is 2.19. The van der Waals surface area contributed by atoms with Crippen molar-refractivity contribution in [3.8, 4) is 0 Å². The number of guanidine groups is 1. The maximum Gasteiger partial charge on any atom is 0.193 e. The predicted octanol–water partition coefficient (Wildman–Crippen LogP) is 1.71. The Labute approximate surface area is 143 Å². The lowest BCUT2D eigenvalue weighted by molar-refractivity contribution is 0.152. The zero-order valence-electron chi connectivity index (χ0n) is 15.6. The molecule has 2 fully saturated rings. The van der Waals surface area contributed by atoms with E-state index in [0.29, 0.717) is 0 Å². The molecular formula is C18H37N5. The first-order valence-corrected chi connectivity index (χ1v) is 9.63. The van der Waals surface area contributed by atoms with Crippen LogP contribution in [0.4, 0.5) is 0 Å². The minimum Gasteiger partial charge on any atom is -0.357 e. The van der Waals surface area contributed by atoms with Crippen LogP contribution in [0.15, 0.2) is 4.99 Å². The second-order valence-corrected chi connectivity index (χ2v) is 7.28. The van der Waals surface area contributed by atoms with E-state index in [1.165, 1.54) is 58.4 Å². The van der Waals surface area contributed by atoms with Crippen molar-refractivity contribution in [2.24, 2.45) is 10.9 Å². The van der Waals surface area contributed by atoms with Crippen LogP contribution in [0.25, 0.3) is 0 Å². The normalized spacial score (nSPS) is 24.9. The molecule has 0 bridgehead atoms. The van der Waals surface area contributed by atoms with Crippen LogP contribution in [0.1, 0.15) is 39.5 Å². The van der Waals surface area contributed by atoms with E-state index in [1.807, 2.05) is 0 Å². The molecule has 1 unspecified atom stereocenters. The lowest BCUT2D eigenvalue weighted by Crippen LogP contribution is -2.46. The average molecular weight is 324 g/mol. The number of nitrogens with zero attached hydrogens (tertiary/aromatic N) is 4. The molecule has 0 aromatic heterocycles. The lowest BCUT2D eigenvalue weighted by Gasteiger charge is -2.33. The molecule has 23 heavy (non-hydrogen) atoms. The third-order valence-electron chi connectivity index (χ3n) is 5.03. The van der Waals surface area contributed by atoms with Crippen molar-refractivity contribution in [1.82, 2.24) is 20.0 Å². The number of unbranched alkanes of at least 4 members (excludes halogenated alkanes) is 1. The van der Waals surface area contributed by atoms with Gasteiger partial charge in [-0.1, -0.05) is 6.92 Å². The quantitative estimate of drug-likeness (QED) is 0.458. The van der Waals surface area contributed by atoms with Gasteiger partial charge < -0.3 is 20.0 Å². The minimum atomic E-state index is 0.796. The van der Waals surface area contributed by atoms with Crippen LogP contribution in [0.5, 0.6) is 0 Å². The maximum absolute atomic E-state index is 4.87. The Kier molecular flexibility index (Phi) is 8.17. The Hall–Kier alpha value is -0.810. The first-order chi connectivity index (χ1) is 11.2. The first kappa shape index (κ1) is 18.5. The summed E-state index contributed by atoms with van der Waals surface area (Å²) in [4.78, 5) is 12.3. The molecule has 0 spiro atoms. The molecule has 134 valence electrons. The van der Waals surface area contributed by atoms with Crippen LogP contribution in [0.3, 0.4) is 0 Å². The fourth-order valence-electron chi connectivity index (χ4n) is 3.51. The fraction of sp³-hybridized carbons (Fsp3) is 0.944. The second-order valence-electron chi connectivity index (χ2n) is 7.28. The Bertz CT molecular complexity index is 349. The van der Waals surface area contributed by atoms with Crippen molar-refractivity contribution in [3.05, 3.63) is 0 Å². The molecule has 0 aromatic rings. The summed E-state index contributed by atoms with van der Waals surface area (Å²) in [5.41, 5.74) is 0. The number of piperidine rings is 1. The summed E-state index contributed by atoms with van der Waals surface area (Å²) in [6, 6.07) is 0. The van der Waals surface area contributed by atoms with Gasteiger partial charge in [-0.2, -0.15) is 0 Å². The fourth-order valence-corrected chi connectivity index (χ4v) is 3.51. The van der Waals surface area contributed by atoms with Gasteiger partial charge >= 0.3 is 0 Å². The van der Waals surface area contributed by atoms with Crippen molar-refractivity contribution in [1.29, 1.82) is 0 Å². The largest absolute Gasteiger partial charge is 0.357 e. The number of likely N-dealkylation sites (N-methyl/N-ethyl adjacent to an activating group) is 1. The number of aliphatic imine (C=N–C) groups is 1. The molecular weight excluding hydrogens is 286 g/mol. The topological polar surface area (TPSA) is 34.1 Å². The summed E-state index contributed by atoms with van der Waals surface area (Å²) in [5, 5.41) is 3.48. The molecule has 0 amide bonds. The first-order valence-electron chi connectivity index (χ1n) is 9.63. The summed E-state index contributed by atoms with van der Waals surface area (Å²) >= 11 is 0. The molecule has 2 rings (SSSR count). The van der Waals surface area contributed by atoms with E-state index in [-0.39, 0.29) is 0 Å². The van der Waals surface area contributed by atoms with Gasteiger partial charge in [0.2, 0.25) is 0 Å². The molecule has 2 saturated heterocycles. The molecule has 2 aliphatic rings. The zero-order valence-corrected chi connectivity index (χ0v) is 15.6. The van der Waals surface area contributed by atoms with E-state index in [4.69, 9.17) is 4.99 Å². The van der Waals surface area contributed by atoms with E-state index >= 15 is 0 Å². The summed E-state index contributed by atoms with van der Waals surface area (Å²) in [6.07, 6.45) is 5.13. The van der Waals surface area contributed by atoms with E-state index < -0.39 is 0 Å². The van der Waals surface area contributed by atoms with Gasteiger partial charge in [-0.3, -0.25) is 4.99 Å².